The molecule has 0 spiro atoms. The number of rotatable bonds is 6. The molecule has 1 fully saturated rings. The van der Waals surface area contributed by atoms with Crippen molar-refractivity contribution in [3.05, 3.63) is 18.0 Å². The summed E-state index contributed by atoms with van der Waals surface area (Å²) >= 11 is 0. The second-order valence-corrected chi connectivity index (χ2v) is 6.35. The van der Waals surface area contributed by atoms with Crippen LogP contribution in [-0.2, 0) is 4.74 Å². The maximum absolute atomic E-state index is 12.6. The molecule has 8 nitrogen and oxygen atoms in total. The van der Waals surface area contributed by atoms with E-state index in [1.165, 1.54) is 0 Å². The van der Waals surface area contributed by atoms with Gasteiger partial charge in [0.1, 0.15) is 5.69 Å². The van der Waals surface area contributed by atoms with E-state index in [0.717, 1.165) is 13.0 Å². The van der Waals surface area contributed by atoms with Gasteiger partial charge in [-0.3, -0.25) is 4.79 Å². The summed E-state index contributed by atoms with van der Waals surface area (Å²) in [6.07, 6.45) is 2.28. The number of anilines is 1. The number of nitrogens with zero attached hydrogens (tertiary/aromatic N) is 4. The van der Waals surface area contributed by atoms with Gasteiger partial charge in [-0.05, 0) is 25.3 Å². The zero-order chi connectivity index (χ0) is 18.2. The maximum Gasteiger partial charge on any atom is 0.409 e. The van der Waals surface area contributed by atoms with Crippen LogP contribution in [0.4, 0.5) is 10.7 Å². The highest BCUT2D eigenvalue weighted by atomic mass is 16.6. The van der Waals surface area contributed by atoms with Crippen molar-refractivity contribution in [1.29, 1.82) is 0 Å². The minimum Gasteiger partial charge on any atom is -0.450 e. The molecule has 2 amide bonds. The normalized spacial score (nSPS) is 14.6. The Kier molecular flexibility index (Phi) is 6.97. The standard InChI is InChI=1S/C17H27N5O3/c1-4-25-17(24)22-11-9-21(10-12-22)15(23)14-6-8-19-16(20-14)18-7-5-13(2)3/h6,8,13H,4-5,7,9-12H2,1-3H3,(H,18,19,20). The van der Waals surface area contributed by atoms with Crippen molar-refractivity contribution in [2.24, 2.45) is 5.92 Å². The topological polar surface area (TPSA) is 87.7 Å². The van der Waals surface area contributed by atoms with Gasteiger partial charge < -0.3 is 19.9 Å². The third kappa shape index (κ3) is 5.58. The second-order valence-electron chi connectivity index (χ2n) is 6.35. The first-order chi connectivity index (χ1) is 12.0. The summed E-state index contributed by atoms with van der Waals surface area (Å²) in [5.74, 6) is 0.919. The molecule has 0 atom stereocenters. The third-order valence-corrected chi connectivity index (χ3v) is 3.97. The summed E-state index contributed by atoms with van der Waals surface area (Å²) in [5, 5.41) is 3.15. The van der Waals surface area contributed by atoms with Crippen molar-refractivity contribution in [3.8, 4) is 0 Å². The molecule has 2 heterocycles. The van der Waals surface area contributed by atoms with E-state index in [0.29, 0.717) is 50.3 Å². The van der Waals surface area contributed by atoms with Crippen LogP contribution in [-0.4, -0.2) is 71.1 Å². The molecule has 0 unspecified atom stereocenters. The number of hydrogen-bond donors (Lipinski definition) is 1. The summed E-state index contributed by atoms with van der Waals surface area (Å²) < 4.78 is 4.99. The van der Waals surface area contributed by atoms with E-state index in [1.54, 1.807) is 29.0 Å². The lowest BCUT2D eigenvalue weighted by molar-refractivity contribution is 0.0566. The van der Waals surface area contributed by atoms with Gasteiger partial charge in [0.05, 0.1) is 6.61 Å². The molecule has 1 saturated heterocycles. The van der Waals surface area contributed by atoms with Crippen LogP contribution in [0.15, 0.2) is 12.3 Å². The van der Waals surface area contributed by atoms with Crippen molar-refractivity contribution in [2.75, 3.05) is 44.6 Å². The molecular formula is C17H27N5O3. The number of hydrogen-bond acceptors (Lipinski definition) is 6. The Hall–Kier alpha value is -2.38. The zero-order valence-corrected chi connectivity index (χ0v) is 15.2. The van der Waals surface area contributed by atoms with Crippen LogP contribution < -0.4 is 5.32 Å². The average molecular weight is 349 g/mol. The van der Waals surface area contributed by atoms with Gasteiger partial charge in [0.25, 0.3) is 5.91 Å². The SMILES string of the molecule is CCOC(=O)N1CCN(C(=O)c2ccnc(NCCC(C)C)n2)CC1. The van der Waals surface area contributed by atoms with Gasteiger partial charge >= 0.3 is 6.09 Å². The predicted molar refractivity (Wildman–Crippen MR) is 94.5 cm³/mol. The molecule has 0 bridgehead atoms. The van der Waals surface area contributed by atoms with Crippen LogP contribution >= 0.6 is 0 Å². The molecule has 1 aliphatic rings. The Morgan fingerprint density at radius 1 is 1.24 bits per heavy atom. The number of nitrogens with one attached hydrogen (secondary N) is 1. The first-order valence-electron chi connectivity index (χ1n) is 8.79. The third-order valence-electron chi connectivity index (χ3n) is 3.97. The molecule has 25 heavy (non-hydrogen) atoms. The van der Waals surface area contributed by atoms with Crippen LogP contribution in [0.3, 0.4) is 0 Å². The molecule has 0 saturated carbocycles. The Labute approximate surface area is 148 Å². The Bertz CT molecular complexity index is 585. The van der Waals surface area contributed by atoms with Gasteiger partial charge in [-0.15, -0.1) is 0 Å². The number of ether oxygens (including phenoxy) is 1. The Balaban J connectivity index is 1.89. The molecule has 0 aliphatic carbocycles. The number of piperazine rings is 1. The lowest BCUT2D eigenvalue weighted by Crippen LogP contribution is -2.50. The van der Waals surface area contributed by atoms with Crippen LogP contribution in [0.1, 0.15) is 37.7 Å². The predicted octanol–water partition coefficient (Wildman–Crippen LogP) is 1.85. The molecule has 8 heteroatoms. The first-order valence-corrected chi connectivity index (χ1v) is 8.79. The van der Waals surface area contributed by atoms with Crippen LogP contribution in [0, 0.1) is 5.92 Å². The van der Waals surface area contributed by atoms with Gasteiger partial charge in [-0.25, -0.2) is 14.8 Å². The number of carbonyl (C=O) groups excluding carboxylic acids is 2. The van der Waals surface area contributed by atoms with Crippen molar-refractivity contribution < 1.29 is 14.3 Å². The first kappa shape index (κ1) is 19.0. The fraction of sp³-hybridized carbons (Fsp3) is 0.647. The van der Waals surface area contributed by atoms with E-state index in [2.05, 4.69) is 29.1 Å². The molecule has 138 valence electrons. The number of carbonyl (C=O) groups is 2. The van der Waals surface area contributed by atoms with Crippen molar-refractivity contribution in [1.82, 2.24) is 19.8 Å². The highest BCUT2D eigenvalue weighted by Crippen LogP contribution is 2.10. The van der Waals surface area contributed by atoms with E-state index in [4.69, 9.17) is 4.74 Å². The Morgan fingerprint density at radius 2 is 1.92 bits per heavy atom. The van der Waals surface area contributed by atoms with Gasteiger partial charge in [-0.2, -0.15) is 0 Å². The largest absolute Gasteiger partial charge is 0.450 e. The molecule has 1 aromatic rings. The minimum absolute atomic E-state index is 0.141. The monoisotopic (exact) mass is 349 g/mol. The quantitative estimate of drug-likeness (QED) is 0.843. The summed E-state index contributed by atoms with van der Waals surface area (Å²) in [7, 11) is 0. The fourth-order valence-corrected chi connectivity index (χ4v) is 2.50. The zero-order valence-electron chi connectivity index (χ0n) is 15.2. The molecule has 1 aromatic heterocycles. The smallest absolute Gasteiger partial charge is 0.409 e. The van der Waals surface area contributed by atoms with Gasteiger partial charge in [0, 0.05) is 38.9 Å². The molecule has 2 rings (SSSR count). The number of aromatic nitrogens is 2. The van der Waals surface area contributed by atoms with Gasteiger partial charge in [-0.1, -0.05) is 13.8 Å². The minimum atomic E-state index is -0.326. The summed E-state index contributed by atoms with van der Waals surface area (Å²) in [6.45, 7) is 9.08. The Morgan fingerprint density at radius 3 is 2.56 bits per heavy atom. The maximum atomic E-state index is 12.6. The summed E-state index contributed by atoms with van der Waals surface area (Å²) in [5.41, 5.74) is 0.367. The highest BCUT2D eigenvalue weighted by Gasteiger charge is 2.26. The van der Waals surface area contributed by atoms with E-state index >= 15 is 0 Å². The van der Waals surface area contributed by atoms with E-state index in [-0.39, 0.29) is 12.0 Å². The summed E-state index contributed by atoms with van der Waals surface area (Å²) in [4.78, 5) is 36.1. The van der Waals surface area contributed by atoms with Crippen LogP contribution in [0.5, 0.6) is 0 Å². The highest BCUT2D eigenvalue weighted by molar-refractivity contribution is 5.92. The van der Waals surface area contributed by atoms with E-state index in [9.17, 15) is 9.59 Å². The van der Waals surface area contributed by atoms with Gasteiger partial charge in [0.2, 0.25) is 5.95 Å². The average Bonchev–Trinajstić information content (AvgIpc) is 2.61. The lowest BCUT2D eigenvalue weighted by Gasteiger charge is -2.33. The fourth-order valence-electron chi connectivity index (χ4n) is 2.50. The van der Waals surface area contributed by atoms with Crippen LogP contribution in [0.25, 0.3) is 0 Å². The number of amides is 2. The second kappa shape index (κ2) is 9.19. The molecule has 0 aromatic carbocycles. The molecule has 0 radical (unpaired) electrons. The summed E-state index contributed by atoms with van der Waals surface area (Å²) in [6, 6.07) is 1.62. The van der Waals surface area contributed by atoms with E-state index < -0.39 is 0 Å². The lowest BCUT2D eigenvalue weighted by atomic mass is 10.1. The molecule has 1 aliphatic heterocycles. The van der Waals surface area contributed by atoms with Crippen LogP contribution in [0.2, 0.25) is 0 Å². The van der Waals surface area contributed by atoms with Crippen molar-refractivity contribution in [3.63, 3.8) is 0 Å². The van der Waals surface area contributed by atoms with Crippen molar-refractivity contribution in [2.45, 2.75) is 27.2 Å². The molecular weight excluding hydrogens is 322 g/mol. The van der Waals surface area contributed by atoms with Gasteiger partial charge in [0.15, 0.2) is 0 Å². The van der Waals surface area contributed by atoms with E-state index in [1.807, 2.05) is 0 Å². The van der Waals surface area contributed by atoms with Crippen molar-refractivity contribution >= 4 is 17.9 Å². The molecule has 1 N–H and O–H groups in total.